The van der Waals surface area contributed by atoms with E-state index in [1.54, 1.807) is 0 Å². The zero-order valence-electron chi connectivity index (χ0n) is 12.3. The molecule has 8 heteroatoms. The first-order valence-corrected chi connectivity index (χ1v) is 7.78. The van der Waals surface area contributed by atoms with Gasteiger partial charge in [0, 0.05) is 11.1 Å². The van der Waals surface area contributed by atoms with Crippen LogP contribution in [-0.2, 0) is 0 Å². The SMILES string of the molecule is Cl.O=C(CSc1n[nH]c(-c2ccccc2)n1)c1ccc(O)c(O)c1. The van der Waals surface area contributed by atoms with Crippen LogP contribution in [0.5, 0.6) is 11.5 Å². The molecule has 0 aliphatic carbocycles. The highest BCUT2D eigenvalue weighted by atomic mass is 35.5. The van der Waals surface area contributed by atoms with Crippen molar-refractivity contribution in [3.05, 3.63) is 54.1 Å². The standard InChI is InChI=1S/C16H13N3O3S.ClH/c20-12-7-6-11(8-13(12)21)14(22)9-23-16-17-15(18-19-16)10-4-2-1-3-5-10;/h1-8,20-21H,9H2,(H,17,18,19);1H. The van der Waals surface area contributed by atoms with E-state index < -0.39 is 0 Å². The van der Waals surface area contributed by atoms with Gasteiger partial charge < -0.3 is 10.2 Å². The Labute approximate surface area is 148 Å². The third-order valence-electron chi connectivity index (χ3n) is 3.14. The Morgan fingerprint density at radius 3 is 2.54 bits per heavy atom. The number of H-pyrrole nitrogens is 1. The van der Waals surface area contributed by atoms with Crippen molar-refractivity contribution in [1.82, 2.24) is 15.2 Å². The molecule has 1 heterocycles. The molecule has 6 nitrogen and oxygen atoms in total. The number of thioether (sulfide) groups is 1. The topological polar surface area (TPSA) is 99.1 Å². The summed E-state index contributed by atoms with van der Waals surface area (Å²) in [5.74, 6) is 0.0241. The van der Waals surface area contributed by atoms with Gasteiger partial charge in [0.1, 0.15) is 0 Å². The van der Waals surface area contributed by atoms with Gasteiger partial charge in [0.2, 0.25) is 5.16 Å². The van der Waals surface area contributed by atoms with Crippen LogP contribution >= 0.6 is 24.2 Å². The van der Waals surface area contributed by atoms with E-state index in [4.69, 9.17) is 0 Å². The monoisotopic (exact) mass is 363 g/mol. The second-order valence-corrected chi connectivity index (χ2v) is 5.69. The Bertz CT molecular complexity index is 840. The largest absolute Gasteiger partial charge is 0.504 e. The molecule has 1 aromatic heterocycles. The van der Waals surface area contributed by atoms with Gasteiger partial charge in [-0.3, -0.25) is 9.89 Å². The molecule has 0 spiro atoms. The maximum atomic E-state index is 12.1. The third kappa shape index (κ3) is 4.06. The van der Waals surface area contributed by atoms with Crippen LogP contribution in [0.4, 0.5) is 0 Å². The molecule has 0 saturated carbocycles. The van der Waals surface area contributed by atoms with Crippen LogP contribution in [0.3, 0.4) is 0 Å². The summed E-state index contributed by atoms with van der Waals surface area (Å²) in [6, 6.07) is 13.6. The van der Waals surface area contributed by atoms with E-state index in [0.29, 0.717) is 16.5 Å². The van der Waals surface area contributed by atoms with Crippen LogP contribution in [-0.4, -0.2) is 36.9 Å². The van der Waals surface area contributed by atoms with Crippen molar-refractivity contribution in [1.29, 1.82) is 0 Å². The van der Waals surface area contributed by atoms with E-state index in [9.17, 15) is 15.0 Å². The van der Waals surface area contributed by atoms with Gasteiger partial charge in [0.15, 0.2) is 23.1 Å². The number of nitrogens with zero attached hydrogens (tertiary/aromatic N) is 2. The van der Waals surface area contributed by atoms with Gasteiger partial charge in [-0.1, -0.05) is 42.1 Å². The van der Waals surface area contributed by atoms with Gasteiger partial charge in [-0.05, 0) is 18.2 Å². The lowest BCUT2D eigenvalue weighted by Gasteiger charge is -2.01. The molecule has 3 rings (SSSR count). The van der Waals surface area contributed by atoms with Crippen molar-refractivity contribution >= 4 is 30.0 Å². The first-order chi connectivity index (χ1) is 11.1. The number of ketones is 1. The molecule has 3 aromatic rings. The molecule has 0 amide bonds. The minimum atomic E-state index is -0.315. The van der Waals surface area contributed by atoms with E-state index in [-0.39, 0.29) is 35.4 Å². The molecule has 0 radical (unpaired) electrons. The van der Waals surface area contributed by atoms with Crippen LogP contribution in [0, 0.1) is 0 Å². The van der Waals surface area contributed by atoms with E-state index in [2.05, 4.69) is 15.2 Å². The lowest BCUT2D eigenvalue weighted by Crippen LogP contribution is -2.02. The zero-order valence-corrected chi connectivity index (χ0v) is 14.0. The number of nitrogens with one attached hydrogen (secondary N) is 1. The Morgan fingerprint density at radius 1 is 1.08 bits per heavy atom. The number of aromatic amines is 1. The molecular weight excluding hydrogens is 350 g/mol. The molecule has 0 fully saturated rings. The zero-order chi connectivity index (χ0) is 16.2. The van der Waals surface area contributed by atoms with Gasteiger partial charge in [-0.15, -0.1) is 17.5 Å². The highest BCUT2D eigenvalue weighted by Crippen LogP contribution is 2.26. The molecule has 24 heavy (non-hydrogen) atoms. The molecular formula is C16H14ClN3O3S. The second-order valence-electron chi connectivity index (χ2n) is 4.75. The normalized spacial score (nSPS) is 10.2. The summed E-state index contributed by atoms with van der Waals surface area (Å²) in [6.45, 7) is 0. The van der Waals surface area contributed by atoms with Gasteiger partial charge in [-0.25, -0.2) is 4.98 Å². The van der Waals surface area contributed by atoms with Crippen LogP contribution in [0.2, 0.25) is 0 Å². The van der Waals surface area contributed by atoms with Gasteiger partial charge in [0.25, 0.3) is 0 Å². The maximum Gasteiger partial charge on any atom is 0.209 e. The van der Waals surface area contributed by atoms with Gasteiger partial charge >= 0.3 is 0 Å². The molecule has 0 saturated heterocycles. The van der Waals surface area contributed by atoms with Gasteiger partial charge in [0.05, 0.1) is 5.75 Å². The highest BCUT2D eigenvalue weighted by molar-refractivity contribution is 7.99. The number of Topliss-reactive ketones (excluding diaryl/α,β-unsaturated/α-hetero) is 1. The Kier molecular flexibility index (Phi) is 5.83. The van der Waals surface area contributed by atoms with Crippen LogP contribution < -0.4 is 0 Å². The number of hydrogen-bond acceptors (Lipinski definition) is 6. The van der Waals surface area contributed by atoms with Crippen LogP contribution in [0.25, 0.3) is 11.4 Å². The fourth-order valence-corrected chi connectivity index (χ4v) is 2.64. The Hall–Kier alpha value is -2.51. The van der Waals surface area contributed by atoms with E-state index in [1.807, 2.05) is 30.3 Å². The molecule has 0 unspecified atom stereocenters. The number of phenolic OH excluding ortho intramolecular Hbond substituents is 2. The maximum absolute atomic E-state index is 12.1. The van der Waals surface area contributed by atoms with Crippen LogP contribution in [0.15, 0.2) is 53.7 Å². The fourth-order valence-electron chi connectivity index (χ4n) is 1.95. The fraction of sp³-hybridized carbons (Fsp3) is 0.0625. The predicted octanol–water partition coefficient (Wildman–Crippen LogP) is 3.28. The number of halogens is 1. The Balaban J connectivity index is 0.00000208. The van der Waals surface area contributed by atoms with E-state index >= 15 is 0 Å². The van der Waals surface area contributed by atoms with Crippen molar-refractivity contribution in [3.63, 3.8) is 0 Å². The van der Waals surface area contributed by atoms with Crippen molar-refractivity contribution in [2.45, 2.75) is 5.16 Å². The first kappa shape index (κ1) is 17.8. The van der Waals surface area contributed by atoms with Crippen molar-refractivity contribution in [3.8, 4) is 22.9 Å². The van der Waals surface area contributed by atoms with E-state index in [0.717, 1.165) is 5.56 Å². The molecule has 0 aliphatic heterocycles. The lowest BCUT2D eigenvalue weighted by atomic mass is 10.1. The summed E-state index contributed by atoms with van der Waals surface area (Å²) in [5.41, 5.74) is 1.24. The third-order valence-corrected chi connectivity index (χ3v) is 3.99. The molecule has 124 valence electrons. The summed E-state index contributed by atoms with van der Waals surface area (Å²) in [5, 5.41) is 26.1. The predicted molar refractivity (Wildman–Crippen MR) is 93.9 cm³/mol. The lowest BCUT2D eigenvalue weighted by molar-refractivity contribution is 0.102. The summed E-state index contributed by atoms with van der Waals surface area (Å²) in [7, 11) is 0. The quantitative estimate of drug-likeness (QED) is 0.365. The summed E-state index contributed by atoms with van der Waals surface area (Å²) < 4.78 is 0. The summed E-state index contributed by atoms with van der Waals surface area (Å²) >= 11 is 1.20. The molecule has 3 N–H and O–H groups in total. The van der Waals surface area contributed by atoms with Gasteiger partial charge in [-0.2, -0.15) is 0 Å². The number of rotatable bonds is 5. The summed E-state index contributed by atoms with van der Waals surface area (Å²) in [6.07, 6.45) is 0. The van der Waals surface area contributed by atoms with Crippen molar-refractivity contribution < 1.29 is 15.0 Å². The number of aromatic hydroxyl groups is 2. The van der Waals surface area contributed by atoms with E-state index in [1.165, 1.54) is 30.0 Å². The van der Waals surface area contributed by atoms with Crippen molar-refractivity contribution in [2.75, 3.05) is 5.75 Å². The average Bonchev–Trinajstić information content (AvgIpc) is 3.05. The number of benzene rings is 2. The molecule has 2 aromatic carbocycles. The Morgan fingerprint density at radius 2 is 1.83 bits per heavy atom. The number of aromatic nitrogens is 3. The number of carbonyl (C=O) groups excluding carboxylic acids is 1. The minimum Gasteiger partial charge on any atom is -0.504 e. The average molecular weight is 364 g/mol. The first-order valence-electron chi connectivity index (χ1n) is 6.79. The molecule has 0 bridgehead atoms. The number of phenols is 2. The van der Waals surface area contributed by atoms with Crippen LogP contribution in [0.1, 0.15) is 10.4 Å². The minimum absolute atomic E-state index is 0. The summed E-state index contributed by atoms with van der Waals surface area (Å²) in [4.78, 5) is 16.4. The molecule has 0 aliphatic rings. The smallest absolute Gasteiger partial charge is 0.209 e. The number of hydrogen-bond donors (Lipinski definition) is 3. The highest BCUT2D eigenvalue weighted by Gasteiger charge is 2.12. The van der Waals surface area contributed by atoms with Crippen molar-refractivity contribution in [2.24, 2.45) is 0 Å². The number of carbonyl (C=O) groups is 1. The molecule has 0 atom stereocenters. The second kappa shape index (κ2) is 7.85.